The van der Waals surface area contributed by atoms with Crippen LogP contribution < -0.4 is 20.3 Å². The molecule has 5 nitrogen and oxygen atoms in total. The Kier molecular flexibility index (Phi) is 4.93. The Labute approximate surface area is 164 Å². The number of hydrogen-bond donors (Lipinski definition) is 2. The summed E-state index contributed by atoms with van der Waals surface area (Å²) in [5.41, 5.74) is 9.05. The van der Waals surface area contributed by atoms with E-state index in [1.165, 1.54) is 24.5 Å². The van der Waals surface area contributed by atoms with Crippen molar-refractivity contribution in [1.29, 1.82) is 0 Å². The van der Waals surface area contributed by atoms with E-state index in [1.54, 1.807) is 6.07 Å². The number of nitrogens with zero attached hydrogens (tertiary/aromatic N) is 1. The Morgan fingerprint density at radius 2 is 2.07 bits per heavy atom. The van der Waals surface area contributed by atoms with Crippen molar-refractivity contribution in [3.05, 3.63) is 59.4 Å². The second kappa shape index (κ2) is 7.70. The van der Waals surface area contributed by atoms with Gasteiger partial charge in [-0.15, -0.1) is 0 Å². The van der Waals surface area contributed by atoms with E-state index in [1.807, 2.05) is 24.3 Å². The SMILES string of the molecule is Fc1cccc(C2CNNC2C2CCCN(Cc3cccc4c3OCO4)C2)c1. The fraction of sp³-hybridized carbons (Fsp3) is 0.455. The molecule has 3 heterocycles. The van der Waals surface area contributed by atoms with Gasteiger partial charge in [-0.2, -0.15) is 0 Å². The van der Waals surface area contributed by atoms with E-state index in [2.05, 4.69) is 21.8 Å². The average Bonchev–Trinajstić information content (AvgIpc) is 3.38. The molecule has 6 heteroatoms. The molecule has 28 heavy (non-hydrogen) atoms. The molecule has 148 valence electrons. The molecule has 2 N–H and O–H groups in total. The number of para-hydroxylation sites is 1. The van der Waals surface area contributed by atoms with Crippen molar-refractivity contribution in [2.75, 3.05) is 26.4 Å². The van der Waals surface area contributed by atoms with Crippen molar-refractivity contribution in [3.63, 3.8) is 0 Å². The molecule has 2 aromatic rings. The number of piperidine rings is 1. The van der Waals surface area contributed by atoms with E-state index >= 15 is 0 Å². The zero-order valence-electron chi connectivity index (χ0n) is 15.9. The standard InChI is InChI=1S/C22H26FN3O2/c23-18-7-1-4-15(10-18)19-11-24-25-21(19)16-6-3-9-26(12-16)13-17-5-2-8-20-22(17)28-14-27-20/h1-2,4-5,7-8,10,16,19,21,24-25H,3,6,9,11-14H2. The van der Waals surface area contributed by atoms with E-state index in [9.17, 15) is 4.39 Å². The van der Waals surface area contributed by atoms with Crippen LogP contribution in [0.25, 0.3) is 0 Å². The van der Waals surface area contributed by atoms with Crippen molar-refractivity contribution >= 4 is 0 Å². The van der Waals surface area contributed by atoms with Crippen LogP contribution in [0.15, 0.2) is 42.5 Å². The molecular formula is C22H26FN3O2. The number of halogens is 1. The number of benzene rings is 2. The lowest BCUT2D eigenvalue weighted by atomic mass is 9.81. The van der Waals surface area contributed by atoms with Crippen LogP contribution in [0.4, 0.5) is 4.39 Å². The van der Waals surface area contributed by atoms with Gasteiger partial charge in [0.05, 0.1) is 0 Å². The van der Waals surface area contributed by atoms with Gasteiger partial charge in [0.15, 0.2) is 11.5 Å². The number of rotatable bonds is 4. The molecule has 0 spiro atoms. The molecule has 2 saturated heterocycles. The molecule has 3 aliphatic rings. The number of hydrazine groups is 1. The van der Waals surface area contributed by atoms with Crippen molar-refractivity contribution in [2.45, 2.75) is 31.3 Å². The van der Waals surface area contributed by atoms with Gasteiger partial charge in [0, 0.05) is 37.2 Å². The van der Waals surface area contributed by atoms with Gasteiger partial charge in [-0.3, -0.25) is 15.8 Å². The van der Waals surface area contributed by atoms with Crippen molar-refractivity contribution < 1.29 is 13.9 Å². The van der Waals surface area contributed by atoms with Crippen LogP contribution in [0.5, 0.6) is 11.5 Å². The summed E-state index contributed by atoms with van der Waals surface area (Å²) in [6, 6.07) is 13.5. The van der Waals surface area contributed by atoms with Gasteiger partial charge in [-0.05, 0) is 49.1 Å². The van der Waals surface area contributed by atoms with Gasteiger partial charge in [0.25, 0.3) is 0 Å². The first-order valence-electron chi connectivity index (χ1n) is 10.1. The number of hydrogen-bond acceptors (Lipinski definition) is 5. The van der Waals surface area contributed by atoms with Gasteiger partial charge in [0.2, 0.25) is 6.79 Å². The monoisotopic (exact) mass is 383 g/mol. The molecule has 5 rings (SSSR count). The molecule has 2 aromatic carbocycles. The maximum atomic E-state index is 13.7. The summed E-state index contributed by atoms with van der Waals surface area (Å²) >= 11 is 0. The predicted octanol–water partition coefficient (Wildman–Crippen LogP) is 3.03. The molecule has 0 radical (unpaired) electrons. The third kappa shape index (κ3) is 3.48. The van der Waals surface area contributed by atoms with Gasteiger partial charge in [-0.1, -0.05) is 24.3 Å². The second-order valence-electron chi connectivity index (χ2n) is 8.00. The number of likely N-dealkylation sites (tertiary alicyclic amines) is 1. The average molecular weight is 383 g/mol. The predicted molar refractivity (Wildman–Crippen MR) is 105 cm³/mol. The molecule has 0 saturated carbocycles. The highest BCUT2D eigenvalue weighted by atomic mass is 19.1. The van der Waals surface area contributed by atoms with Crippen LogP contribution in [0, 0.1) is 11.7 Å². The van der Waals surface area contributed by atoms with E-state index in [4.69, 9.17) is 9.47 Å². The van der Waals surface area contributed by atoms with Crippen LogP contribution >= 0.6 is 0 Å². The molecule has 0 aliphatic carbocycles. The summed E-state index contributed by atoms with van der Waals surface area (Å²) < 4.78 is 24.9. The van der Waals surface area contributed by atoms with Crippen LogP contribution in [0.2, 0.25) is 0 Å². The highest BCUT2D eigenvalue weighted by Gasteiger charge is 2.37. The Balaban J connectivity index is 1.30. The topological polar surface area (TPSA) is 45.8 Å². The highest BCUT2D eigenvalue weighted by molar-refractivity contribution is 5.48. The van der Waals surface area contributed by atoms with Crippen LogP contribution in [-0.2, 0) is 6.54 Å². The van der Waals surface area contributed by atoms with E-state index < -0.39 is 0 Å². The van der Waals surface area contributed by atoms with Crippen molar-refractivity contribution in [2.24, 2.45) is 5.92 Å². The lowest BCUT2D eigenvalue weighted by Crippen LogP contribution is -2.46. The minimum absolute atomic E-state index is 0.159. The first-order valence-corrected chi connectivity index (χ1v) is 10.1. The van der Waals surface area contributed by atoms with Crippen LogP contribution in [0.3, 0.4) is 0 Å². The van der Waals surface area contributed by atoms with E-state index in [-0.39, 0.29) is 5.82 Å². The normalized spacial score (nSPS) is 27.2. The van der Waals surface area contributed by atoms with Gasteiger partial charge in [0.1, 0.15) is 5.82 Å². The maximum absolute atomic E-state index is 13.7. The lowest BCUT2D eigenvalue weighted by molar-refractivity contribution is 0.137. The molecule has 3 aliphatic heterocycles. The minimum atomic E-state index is -0.159. The maximum Gasteiger partial charge on any atom is 0.231 e. The van der Waals surface area contributed by atoms with Gasteiger partial charge in [-0.25, -0.2) is 4.39 Å². The fourth-order valence-electron chi connectivity index (χ4n) is 4.91. The molecule has 2 fully saturated rings. The quantitative estimate of drug-likeness (QED) is 0.850. The molecular weight excluding hydrogens is 357 g/mol. The first-order chi connectivity index (χ1) is 13.8. The van der Waals surface area contributed by atoms with Crippen molar-refractivity contribution in [3.8, 4) is 11.5 Å². The van der Waals surface area contributed by atoms with E-state index in [0.717, 1.165) is 43.2 Å². The molecule has 0 bridgehead atoms. The summed E-state index contributed by atoms with van der Waals surface area (Å²) in [7, 11) is 0. The Morgan fingerprint density at radius 1 is 1.14 bits per heavy atom. The van der Waals surface area contributed by atoms with Gasteiger partial charge >= 0.3 is 0 Å². The Bertz CT molecular complexity index is 846. The summed E-state index contributed by atoms with van der Waals surface area (Å²) in [4.78, 5) is 2.51. The Hall–Kier alpha value is -2.15. The Morgan fingerprint density at radius 3 is 3.00 bits per heavy atom. The number of fused-ring (bicyclic) bond motifs is 1. The molecule has 3 atom stereocenters. The highest BCUT2D eigenvalue weighted by Crippen LogP contribution is 2.37. The summed E-state index contributed by atoms with van der Waals surface area (Å²) in [5, 5.41) is 0. The molecule has 3 unspecified atom stereocenters. The van der Waals surface area contributed by atoms with Crippen LogP contribution in [-0.4, -0.2) is 37.4 Å². The third-order valence-corrected chi connectivity index (χ3v) is 6.22. The second-order valence-corrected chi connectivity index (χ2v) is 8.00. The minimum Gasteiger partial charge on any atom is -0.454 e. The number of ether oxygens (including phenoxy) is 2. The van der Waals surface area contributed by atoms with E-state index in [0.29, 0.717) is 24.7 Å². The first kappa shape index (κ1) is 17.9. The largest absolute Gasteiger partial charge is 0.454 e. The third-order valence-electron chi connectivity index (χ3n) is 6.22. The zero-order chi connectivity index (χ0) is 18.9. The fourth-order valence-corrected chi connectivity index (χ4v) is 4.91. The van der Waals surface area contributed by atoms with Crippen LogP contribution in [0.1, 0.15) is 29.9 Å². The molecule has 0 amide bonds. The van der Waals surface area contributed by atoms with Crippen molar-refractivity contribution in [1.82, 2.24) is 15.8 Å². The smallest absolute Gasteiger partial charge is 0.231 e. The summed E-state index contributed by atoms with van der Waals surface area (Å²) in [6.45, 7) is 4.12. The molecule has 0 aromatic heterocycles. The summed E-state index contributed by atoms with van der Waals surface area (Å²) in [5.74, 6) is 2.39. The number of nitrogens with one attached hydrogen (secondary N) is 2. The lowest BCUT2D eigenvalue weighted by Gasteiger charge is -2.37. The van der Waals surface area contributed by atoms with Gasteiger partial charge < -0.3 is 9.47 Å². The summed E-state index contributed by atoms with van der Waals surface area (Å²) in [6.07, 6.45) is 2.36. The zero-order valence-corrected chi connectivity index (χ0v) is 15.9.